The van der Waals surface area contributed by atoms with E-state index in [2.05, 4.69) is 15.5 Å². The van der Waals surface area contributed by atoms with Crippen LogP contribution in [0.5, 0.6) is 0 Å². The molecule has 5 nitrogen and oxygen atoms in total. The van der Waals surface area contributed by atoms with Gasteiger partial charge in [0.1, 0.15) is 11.3 Å². The highest BCUT2D eigenvalue weighted by Crippen LogP contribution is 2.29. The molecule has 7 heteroatoms. The van der Waals surface area contributed by atoms with Crippen molar-refractivity contribution >= 4 is 16.8 Å². The smallest absolute Gasteiger partial charge is 0.251 e. The molecular formula is C22H17F2N3O2. The average Bonchev–Trinajstić information content (AvgIpc) is 3.17. The maximum atomic E-state index is 14.6. The van der Waals surface area contributed by atoms with Crippen molar-refractivity contribution in [2.75, 3.05) is 6.61 Å². The fourth-order valence-corrected chi connectivity index (χ4v) is 3.23. The summed E-state index contributed by atoms with van der Waals surface area (Å²) in [7, 11) is 0. The molecule has 4 rings (SSSR count). The van der Waals surface area contributed by atoms with E-state index in [9.17, 15) is 18.7 Å². The number of aliphatic hydroxyl groups is 1. The van der Waals surface area contributed by atoms with Crippen LogP contribution in [0, 0.1) is 11.6 Å². The second kappa shape index (κ2) is 7.81. The molecule has 3 N–H and O–H groups in total. The highest BCUT2D eigenvalue weighted by Gasteiger charge is 2.19. The molecule has 0 spiro atoms. The van der Waals surface area contributed by atoms with E-state index in [1.54, 1.807) is 30.3 Å². The zero-order chi connectivity index (χ0) is 20.4. The maximum Gasteiger partial charge on any atom is 0.251 e. The van der Waals surface area contributed by atoms with Gasteiger partial charge in [0.15, 0.2) is 5.82 Å². The fraction of sp³-hybridized carbons (Fsp3) is 0.0909. The van der Waals surface area contributed by atoms with E-state index in [1.165, 1.54) is 24.3 Å². The van der Waals surface area contributed by atoms with Crippen LogP contribution in [0.2, 0.25) is 0 Å². The van der Waals surface area contributed by atoms with Gasteiger partial charge in [-0.15, -0.1) is 0 Å². The van der Waals surface area contributed by atoms with E-state index in [4.69, 9.17) is 0 Å². The number of fused-ring (bicyclic) bond motifs is 1. The molecule has 0 aliphatic heterocycles. The maximum absolute atomic E-state index is 14.6. The van der Waals surface area contributed by atoms with E-state index >= 15 is 0 Å². The number of hydrogen-bond acceptors (Lipinski definition) is 3. The fourth-order valence-electron chi connectivity index (χ4n) is 3.23. The van der Waals surface area contributed by atoms with E-state index in [0.29, 0.717) is 16.6 Å². The Morgan fingerprint density at radius 1 is 1.07 bits per heavy atom. The van der Waals surface area contributed by atoms with Crippen LogP contribution in [0.1, 0.15) is 22.0 Å². The van der Waals surface area contributed by atoms with E-state index in [1.807, 2.05) is 6.07 Å². The number of rotatable bonds is 5. The van der Waals surface area contributed by atoms with Crippen molar-refractivity contribution in [1.82, 2.24) is 15.5 Å². The first kappa shape index (κ1) is 18.8. The van der Waals surface area contributed by atoms with Crippen LogP contribution >= 0.6 is 0 Å². The van der Waals surface area contributed by atoms with Gasteiger partial charge in [-0.3, -0.25) is 9.89 Å². The van der Waals surface area contributed by atoms with Crippen LogP contribution < -0.4 is 5.32 Å². The monoisotopic (exact) mass is 393 g/mol. The minimum atomic E-state index is -0.674. The van der Waals surface area contributed by atoms with Crippen molar-refractivity contribution in [3.05, 3.63) is 89.5 Å². The van der Waals surface area contributed by atoms with E-state index in [-0.39, 0.29) is 17.7 Å². The zero-order valence-electron chi connectivity index (χ0n) is 15.2. The number of halogens is 2. The largest absolute Gasteiger partial charge is 0.394 e. The molecule has 1 amide bonds. The number of hydrogen-bond donors (Lipinski definition) is 3. The molecule has 4 aromatic rings. The topological polar surface area (TPSA) is 78.0 Å². The van der Waals surface area contributed by atoms with Gasteiger partial charge >= 0.3 is 0 Å². The second-order valence-corrected chi connectivity index (χ2v) is 6.58. The Kier molecular flexibility index (Phi) is 5.05. The van der Waals surface area contributed by atoms with Crippen LogP contribution in [0.15, 0.2) is 66.7 Å². The third kappa shape index (κ3) is 3.72. The molecule has 29 heavy (non-hydrogen) atoms. The second-order valence-electron chi connectivity index (χ2n) is 6.58. The summed E-state index contributed by atoms with van der Waals surface area (Å²) in [6, 6.07) is 16.8. The van der Waals surface area contributed by atoms with Crippen molar-refractivity contribution in [2.24, 2.45) is 0 Å². The Balaban J connectivity index is 1.71. The summed E-state index contributed by atoms with van der Waals surface area (Å²) in [6.45, 7) is -0.305. The third-order valence-corrected chi connectivity index (χ3v) is 4.68. The molecule has 0 aliphatic carbocycles. The number of carbonyl (C=O) groups excluding carboxylic acids is 1. The summed E-state index contributed by atoms with van der Waals surface area (Å²) in [4.78, 5) is 12.7. The molecule has 0 saturated heterocycles. The van der Waals surface area contributed by atoms with Gasteiger partial charge in [0.25, 0.3) is 5.91 Å². The molecule has 1 heterocycles. The molecule has 1 aromatic heterocycles. The van der Waals surface area contributed by atoms with Crippen molar-refractivity contribution < 1.29 is 18.7 Å². The molecule has 146 valence electrons. The predicted molar refractivity (Wildman–Crippen MR) is 105 cm³/mol. The Bertz CT molecular complexity index is 1180. The van der Waals surface area contributed by atoms with Gasteiger partial charge in [-0.2, -0.15) is 5.10 Å². The first-order valence-electron chi connectivity index (χ1n) is 8.97. The number of aromatic nitrogens is 2. The highest BCUT2D eigenvalue weighted by atomic mass is 19.1. The van der Waals surface area contributed by atoms with Crippen molar-refractivity contribution in [3.8, 4) is 11.3 Å². The van der Waals surface area contributed by atoms with Crippen LogP contribution in [0.3, 0.4) is 0 Å². The Hall–Kier alpha value is -3.58. The minimum Gasteiger partial charge on any atom is -0.394 e. The normalized spacial score (nSPS) is 12.1. The van der Waals surface area contributed by atoms with E-state index < -0.39 is 23.6 Å². The van der Waals surface area contributed by atoms with Crippen LogP contribution in [-0.4, -0.2) is 27.8 Å². The standard InChI is InChI=1S/C22H17F2N3O2/c23-16-8-4-7-14(9-16)20-17-10-15(11-18(24)21(17)27-26-20)22(29)25-19(12-28)13-5-2-1-3-6-13/h1-11,19,28H,12H2,(H,25,29)(H,26,27). The molecular weight excluding hydrogens is 376 g/mol. The SMILES string of the molecule is O=C(NC(CO)c1ccccc1)c1cc(F)c2n[nH]c(-c3cccc(F)c3)c2c1. The number of amides is 1. The van der Waals surface area contributed by atoms with Gasteiger partial charge in [0, 0.05) is 16.5 Å². The van der Waals surface area contributed by atoms with Gasteiger partial charge in [0.05, 0.1) is 18.3 Å². The summed E-state index contributed by atoms with van der Waals surface area (Å²) in [6.07, 6.45) is 0. The molecule has 0 saturated carbocycles. The molecule has 1 unspecified atom stereocenters. The van der Waals surface area contributed by atoms with Gasteiger partial charge < -0.3 is 10.4 Å². The Morgan fingerprint density at radius 3 is 2.59 bits per heavy atom. The number of H-pyrrole nitrogens is 1. The predicted octanol–water partition coefficient (Wildman–Crippen LogP) is 3.97. The Morgan fingerprint density at radius 2 is 1.86 bits per heavy atom. The summed E-state index contributed by atoms with van der Waals surface area (Å²) in [5.74, 6) is -1.65. The Labute approximate surface area is 165 Å². The lowest BCUT2D eigenvalue weighted by atomic mass is 10.0. The lowest BCUT2D eigenvalue weighted by Crippen LogP contribution is -2.30. The van der Waals surface area contributed by atoms with E-state index in [0.717, 1.165) is 11.6 Å². The third-order valence-electron chi connectivity index (χ3n) is 4.68. The molecule has 0 bridgehead atoms. The van der Waals surface area contributed by atoms with Gasteiger partial charge in [-0.05, 0) is 29.8 Å². The van der Waals surface area contributed by atoms with Crippen LogP contribution in [0.25, 0.3) is 22.2 Å². The number of aliphatic hydroxyl groups excluding tert-OH is 1. The summed E-state index contributed by atoms with van der Waals surface area (Å²) in [5.41, 5.74) is 1.76. The highest BCUT2D eigenvalue weighted by molar-refractivity contribution is 6.01. The van der Waals surface area contributed by atoms with Crippen LogP contribution in [0.4, 0.5) is 8.78 Å². The minimum absolute atomic E-state index is 0.0579. The molecule has 0 radical (unpaired) electrons. The van der Waals surface area contributed by atoms with Crippen LogP contribution in [-0.2, 0) is 0 Å². The average molecular weight is 393 g/mol. The van der Waals surface area contributed by atoms with Crippen molar-refractivity contribution in [2.45, 2.75) is 6.04 Å². The first-order valence-corrected chi connectivity index (χ1v) is 8.97. The molecule has 3 aromatic carbocycles. The number of nitrogens with zero attached hydrogens (tertiary/aromatic N) is 1. The summed E-state index contributed by atoms with van der Waals surface area (Å²) in [5, 5.41) is 19.4. The zero-order valence-corrected chi connectivity index (χ0v) is 15.2. The van der Waals surface area contributed by atoms with Gasteiger partial charge in [0.2, 0.25) is 0 Å². The molecule has 0 fully saturated rings. The summed E-state index contributed by atoms with van der Waals surface area (Å²) >= 11 is 0. The van der Waals surface area contributed by atoms with Crippen molar-refractivity contribution in [1.29, 1.82) is 0 Å². The van der Waals surface area contributed by atoms with Gasteiger partial charge in [-0.1, -0.05) is 42.5 Å². The lowest BCUT2D eigenvalue weighted by molar-refractivity contribution is 0.0916. The molecule has 1 atom stereocenters. The number of benzene rings is 3. The number of aromatic amines is 1. The van der Waals surface area contributed by atoms with Crippen molar-refractivity contribution in [3.63, 3.8) is 0 Å². The quantitative estimate of drug-likeness (QED) is 0.480. The first-order chi connectivity index (χ1) is 14.1. The lowest BCUT2D eigenvalue weighted by Gasteiger charge is -2.17. The molecule has 0 aliphatic rings. The number of nitrogens with one attached hydrogen (secondary N) is 2. The summed E-state index contributed by atoms with van der Waals surface area (Å²) < 4.78 is 28.2. The van der Waals surface area contributed by atoms with Gasteiger partial charge in [-0.25, -0.2) is 8.78 Å². The number of carbonyl (C=O) groups is 1.